The molecule has 21 heavy (non-hydrogen) atoms. The SMILES string of the molecule is CCCC(C)CN1C(=O)C(CC)(CC)NC(=O)C1CCC. The molecule has 0 radical (unpaired) electrons. The van der Waals surface area contributed by atoms with Crippen molar-refractivity contribution in [1.29, 1.82) is 0 Å². The number of carbonyl (C=O) groups excluding carboxylic acids is 2. The second kappa shape index (κ2) is 7.81. The van der Waals surface area contributed by atoms with Gasteiger partial charge in [0, 0.05) is 6.54 Å². The second-order valence-electron chi connectivity index (χ2n) is 6.43. The van der Waals surface area contributed by atoms with Crippen LogP contribution < -0.4 is 5.32 Å². The van der Waals surface area contributed by atoms with Gasteiger partial charge in [0.1, 0.15) is 11.6 Å². The zero-order valence-corrected chi connectivity index (χ0v) is 14.4. The normalized spacial score (nSPS) is 23.1. The van der Waals surface area contributed by atoms with E-state index >= 15 is 0 Å². The molecule has 1 rings (SSSR count). The summed E-state index contributed by atoms with van der Waals surface area (Å²) in [7, 11) is 0. The van der Waals surface area contributed by atoms with E-state index in [1.54, 1.807) is 0 Å². The van der Waals surface area contributed by atoms with E-state index in [-0.39, 0.29) is 17.9 Å². The van der Waals surface area contributed by atoms with Crippen LogP contribution in [0, 0.1) is 5.92 Å². The smallest absolute Gasteiger partial charge is 0.248 e. The van der Waals surface area contributed by atoms with Crippen LogP contribution in [-0.2, 0) is 9.59 Å². The minimum absolute atomic E-state index is 0.0313. The molecular formula is C17H32N2O2. The third kappa shape index (κ3) is 3.78. The van der Waals surface area contributed by atoms with Gasteiger partial charge >= 0.3 is 0 Å². The predicted molar refractivity (Wildman–Crippen MR) is 85.9 cm³/mol. The van der Waals surface area contributed by atoms with Crippen molar-refractivity contribution in [1.82, 2.24) is 10.2 Å². The number of amides is 2. The molecule has 2 unspecified atom stereocenters. The van der Waals surface area contributed by atoms with Crippen LogP contribution in [0.2, 0.25) is 0 Å². The molecule has 1 aliphatic rings. The Morgan fingerprint density at radius 3 is 2.24 bits per heavy atom. The highest BCUT2D eigenvalue weighted by molar-refractivity contribution is 5.99. The van der Waals surface area contributed by atoms with Crippen molar-refractivity contribution < 1.29 is 9.59 Å². The maximum Gasteiger partial charge on any atom is 0.248 e. The van der Waals surface area contributed by atoms with Crippen LogP contribution in [0.15, 0.2) is 0 Å². The molecule has 2 atom stereocenters. The summed E-state index contributed by atoms with van der Waals surface area (Å²) in [5, 5.41) is 3.02. The molecule has 2 amide bonds. The second-order valence-corrected chi connectivity index (χ2v) is 6.43. The standard InChI is InChI=1S/C17H32N2O2/c1-6-10-13(5)12-19-14(11-7-2)15(20)18-17(8-3,9-4)16(19)21/h13-14H,6-12H2,1-5H3,(H,18,20). The molecule has 1 N–H and O–H groups in total. The van der Waals surface area contributed by atoms with Crippen LogP contribution >= 0.6 is 0 Å². The topological polar surface area (TPSA) is 49.4 Å². The van der Waals surface area contributed by atoms with E-state index in [0.29, 0.717) is 25.3 Å². The lowest BCUT2D eigenvalue weighted by Gasteiger charge is -2.46. The Morgan fingerprint density at radius 1 is 1.14 bits per heavy atom. The molecule has 1 fully saturated rings. The van der Waals surface area contributed by atoms with Crippen molar-refractivity contribution in [3.63, 3.8) is 0 Å². The van der Waals surface area contributed by atoms with E-state index in [4.69, 9.17) is 0 Å². The summed E-state index contributed by atoms with van der Waals surface area (Å²) < 4.78 is 0. The molecule has 1 saturated heterocycles. The Hall–Kier alpha value is -1.06. The van der Waals surface area contributed by atoms with Gasteiger partial charge in [-0.1, -0.05) is 47.5 Å². The van der Waals surface area contributed by atoms with Crippen molar-refractivity contribution in [3.05, 3.63) is 0 Å². The van der Waals surface area contributed by atoms with E-state index in [1.807, 2.05) is 18.7 Å². The van der Waals surface area contributed by atoms with Gasteiger partial charge in [-0.3, -0.25) is 9.59 Å². The Balaban J connectivity index is 3.02. The molecule has 0 aliphatic carbocycles. The zero-order chi connectivity index (χ0) is 16.0. The fourth-order valence-electron chi connectivity index (χ4n) is 3.35. The minimum Gasteiger partial charge on any atom is -0.340 e. The Labute approximate surface area is 129 Å². The van der Waals surface area contributed by atoms with E-state index in [9.17, 15) is 9.59 Å². The maximum atomic E-state index is 13.0. The molecule has 0 aromatic rings. The summed E-state index contributed by atoms with van der Waals surface area (Å²) in [6.07, 6.45) is 5.18. The Kier molecular flexibility index (Phi) is 6.69. The van der Waals surface area contributed by atoms with Gasteiger partial charge in [0.2, 0.25) is 11.8 Å². The summed E-state index contributed by atoms with van der Waals surface area (Å²) in [5.74, 6) is 0.591. The number of rotatable bonds is 8. The van der Waals surface area contributed by atoms with Crippen LogP contribution in [0.1, 0.15) is 73.1 Å². The molecule has 0 bridgehead atoms. The van der Waals surface area contributed by atoms with Gasteiger partial charge in [0.25, 0.3) is 0 Å². The quantitative estimate of drug-likeness (QED) is 0.748. The predicted octanol–water partition coefficient (Wildman–Crippen LogP) is 3.11. The lowest BCUT2D eigenvalue weighted by molar-refractivity contribution is -0.156. The van der Waals surface area contributed by atoms with Gasteiger partial charge in [-0.15, -0.1) is 0 Å². The molecule has 0 saturated carbocycles. The highest BCUT2D eigenvalue weighted by Crippen LogP contribution is 2.28. The lowest BCUT2D eigenvalue weighted by Crippen LogP contribution is -2.70. The van der Waals surface area contributed by atoms with Gasteiger partial charge < -0.3 is 10.2 Å². The molecule has 1 aliphatic heterocycles. The van der Waals surface area contributed by atoms with Crippen molar-refractivity contribution in [2.24, 2.45) is 5.92 Å². The molecule has 0 aromatic carbocycles. The zero-order valence-electron chi connectivity index (χ0n) is 14.4. The maximum absolute atomic E-state index is 13.0. The van der Waals surface area contributed by atoms with Crippen molar-refractivity contribution in [2.45, 2.75) is 84.7 Å². The monoisotopic (exact) mass is 296 g/mol. The van der Waals surface area contributed by atoms with Gasteiger partial charge in [-0.2, -0.15) is 0 Å². The first-order chi connectivity index (χ1) is 9.95. The third-order valence-electron chi connectivity index (χ3n) is 4.77. The Morgan fingerprint density at radius 2 is 1.76 bits per heavy atom. The summed E-state index contributed by atoms with van der Waals surface area (Å²) in [4.78, 5) is 27.4. The highest BCUT2D eigenvalue weighted by Gasteiger charge is 2.48. The molecular weight excluding hydrogens is 264 g/mol. The molecule has 4 nitrogen and oxygen atoms in total. The fraction of sp³-hybridized carbons (Fsp3) is 0.882. The first-order valence-electron chi connectivity index (χ1n) is 8.58. The summed E-state index contributed by atoms with van der Waals surface area (Å²) in [5.41, 5.74) is -0.687. The largest absolute Gasteiger partial charge is 0.340 e. The molecule has 4 heteroatoms. The van der Waals surface area contributed by atoms with Crippen molar-refractivity contribution in [3.8, 4) is 0 Å². The first-order valence-corrected chi connectivity index (χ1v) is 8.58. The first kappa shape index (κ1) is 18.0. The molecule has 1 heterocycles. The van der Waals surface area contributed by atoms with Crippen LogP contribution in [0.4, 0.5) is 0 Å². The highest BCUT2D eigenvalue weighted by atomic mass is 16.2. The average Bonchev–Trinajstić information content (AvgIpc) is 2.46. The molecule has 122 valence electrons. The van der Waals surface area contributed by atoms with Crippen LogP contribution in [0.25, 0.3) is 0 Å². The summed E-state index contributed by atoms with van der Waals surface area (Å²) >= 11 is 0. The van der Waals surface area contributed by atoms with Crippen molar-refractivity contribution >= 4 is 11.8 Å². The number of hydrogen-bond donors (Lipinski definition) is 1. The lowest BCUT2D eigenvalue weighted by atomic mass is 9.85. The number of piperazine rings is 1. The van der Waals surface area contributed by atoms with Gasteiger partial charge in [0.05, 0.1) is 0 Å². The van der Waals surface area contributed by atoms with Crippen LogP contribution in [0.5, 0.6) is 0 Å². The minimum atomic E-state index is -0.687. The third-order valence-corrected chi connectivity index (χ3v) is 4.77. The van der Waals surface area contributed by atoms with Crippen LogP contribution in [-0.4, -0.2) is 34.8 Å². The van der Waals surface area contributed by atoms with Gasteiger partial charge in [0.15, 0.2) is 0 Å². The van der Waals surface area contributed by atoms with Crippen LogP contribution in [0.3, 0.4) is 0 Å². The summed E-state index contributed by atoms with van der Waals surface area (Å²) in [6.45, 7) is 11.1. The Bertz CT molecular complexity index is 364. The summed E-state index contributed by atoms with van der Waals surface area (Å²) in [6, 6.07) is -0.284. The van der Waals surface area contributed by atoms with E-state index in [0.717, 1.165) is 25.7 Å². The molecule has 0 aromatic heterocycles. The number of carbonyl (C=O) groups is 2. The van der Waals surface area contributed by atoms with Gasteiger partial charge in [-0.25, -0.2) is 0 Å². The van der Waals surface area contributed by atoms with E-state index in [2.05, 4.69) is 26.1 Å². The fourth-order valence-corrected chi connectivity index (χ4v) is 3.35. The van der Waals surface area contributed by atoms with E-state index < -0.39 is 5.54 Å². The number of nitrogens with zero attached hydrogens (tertiary/aromatic N) is 1. The van der Waals surface area contributed by atoms with Gasteiger partial charge in [-0.05, 0) is 31.6 Å². The molecule has 0 spiro atoms. The number of hydrogen-bond acceptors (Lipinski definition) is 2. The van der Waals surface area contributed by atoms with E-state index in [1.165, 1.54) is 0 Å². The number of nitrogens with one attached hydrogen (secondary N) is 1. The average molecular weight is 296 g/mol. The van der Waals surface area contributed by atoms with Crippen molar-refractivity contribution in [2.75, 3.05) is 6.54 Å².